The number of aliphatic hydroxyl groups excluding tert-OH is 1. The second kappa shape index (κ2) is 39.9. The molecular formula is C74H93N17O17S2. The maximum Gasteiger partial charge on any atom is 0.305 e. The third-order valence-corrected chi connectivity index (χ3v) is 18.3. The van der Waals surface area contributed by atoms with Gasteiger partial charge in [-0.2, -0.15) is 25.3 Å². The average Bonchev–Trinajstić information content (AvgIpc) is 1.64. The van der Waals surface area contributed by atoms with Crippen LogP contribution in [0, 0.1) is 5.92 Å². The maximum absolute atomic E-state index is 15.2. The van der Waals surface area contributed by atoms with Gasteiger partial charge in [0.25, 0.3) is 0 Å². The molecule has 0 saturated carbocycles. The molecule has 0 saturated heterocycles. The van der Waals surface area contributed by atoms with Crippen molar-refractivity contribution in [3.05, 3.63) is 156 Å². The van der Waals surface area contributed by atoms with Crippen LogP contribution in [0.5, 0.6) is 5.75 Å². The molecule has 0 radical (unpaired) electrons. The van der Waals surface area contributed by atoms with Crippen LogP contribution in [0.4, 0.5) is 0 Å². The third-order valence-electron chi connectivity index (χ3n) is 17.6. The van der Waals surface area contributed by atoms with Crippen molar-refractivity contribution in [2.75, 3.05) is 12.3 Å². The Morgan fingerprint density at radius 1 is 0.491 bits per heavy atom. The van der Waals surface area contributed by atoms with E-state index in [1.807, 2.05) is 0 Å². The number of aliphatic hydroxyl groups is 1. The van der Waals surface area contributed by atoms with Crippen molar-refractivity contribution in [2.24, 2.45) is 11.7 Å². The summed E-state index contributed by atoms with van der Waals surface area (Å²) >= 11 is 8.81. The van der Waals surface area contributed by atoms with Crippen molar-refractivity contribution in [3.8, 4) is 5.75 Å². The first kappa shape index (κ1) is 85.5. The zero-order chi connectivity index (χ0) is 80.7. The molecule has 3 aromatic heterocycles. The molecule has 0 fully saturated rings. The predicted molar refractivity (Wildman–Crippen MR) is 409 cm³/mol. The number of carbonyl (C=O) groups excluding carboxylic acids is 13. The number of para-hydroxylation sites is 2. The largest absolute Gasteiger partial charge is 0.508 e. The Kier molecular flexibility index (Phi) is 31.0. The third kappa shape index (κ3) is 25.2. The van der Waals surface area contributed by atoms with Crippen LogP contribution in [-0.4, -0.2) is 208 Å². The van der Waals surface area contributed by atoms with Crippen molar-refractivity contribution >= 4 is 130 Å². The summed E-state index contributed by atoms with van der Waals surface area (Å²) in [4.78, 5) is 207. The van der Waals surface area contributed by atoms with E-state index < -0.39 is 185 Å². The molecule has 0 aliphatic carbocycles. The smallest absolute Gasteiger partial charge is 0.305 e. The second-order valence-electron chi connectivity index (χ2n) is 27.3. The number of nitrogens with two attached hydrogens (primary N) is 1. The number of amides is 13. The average molecular weight is 1560 g/mol. The number of hydrogen-bond donors (Lipinski definition) is 21. The van der Waals surface area contributed by atoms with Crippen LogP contribution in [0.1, 0.15) is 82.8 Å². The fourth-order valence-electron chi connectivity index (χ4n) is 11.8. The van der Waals surface area contributed by atoms with Crippen LogP contribution < -0.4 is 69.5 Å². The van der Waals surface area contributed by atoms with Gasteiger partial charge in [-0.3, -0.25) is 67.1 Å². The standard InChI is InChI=1S/C74H93N17O17S2/c1-37(2)60(90-68(103)54(28-44-32-78-50-20-14-12-18-48(44)50)86-67(102)56(30-59(96)97)83-63(98)38(3)81-73(108)62(74(6,7)110)82-40(5)93)71(106)89-57(35-109)70(105)84-52(26-42-21-23-46(94)24-22-42)65(100)85-53(27-43-31-77-49-19-13-11-17-47(43)49)66(101)87-55(29-45-33-76-36-80-45)69(104)91-61(39(4)92)72(107)88-51(64(99)79-34-58(75)95)25-41-15-9-8-10-16-41/h8-24,31-33,36-39,51-57,60-62,77-78,92,94,109-110H,25-30,34-35H2,1-7H3,(H2,75,95)(H,76,80)(H,79,99)(H,81,108)(H,82,93)(H,83,98)(H,84,105)(H,85,100)(H,86,102)(H,87,101)(H,88,107)(H,89,106)(H,90,103)(H,91,104)(H,96,97)/t38-,39+,51-,52-,53-,54-,55-,56-,57-,60-,61-,62+/m0/s1. The highest BCUT2D eigenvalue weighted by atomic mass is 32.1. The molecule has 110 heavy (non-hydrogen) atoms. The van der Waals surface area contributed by atoms with E-state index in [1.54, 1.807) is 119 Å². The molecule has 4 aromatic carbocycles. The van der Waals surface area contributed by atoms with E-state index in [1.165, 1.54) is 57.6 Å². The van der Waals surface area contributed by atoms with Gasteiger partial charge < -0.3 is 99.8 Å². The van der Waals surface area contributed by atoms with Gasteiger partial charge in [0.05, 0.1) is 25.4 Å². The van der Waals surface area contributed by atoms with Crippen LogP contribution in [0.25, 0.3) is 21.8 Å². The molecule has 588 valence electrons. The quantitative estimate of drug-likeness (QED) is 0.0199. The van der Waals surface area contributed by atoms with E-state index >= 15 is 9.59 Å². The molecule has 20 N–H and O–H groups in total. The van der Waals surface area contributed by atoms with E-state index in [0.29, 0.717) is 49.8 Å². The fourth-order valence-corrected chi connectivity index (χ4v) is 12.2. The number of aromatic amines is 3. The first-order valence-electron chi connectivity index (χ1n) is 35.1. The normalized spacial score (nSPS) is 14.6. The van der Waals surface area contributed by atoms with Crippen molar-refractivity contribution in [3.63, 3.8) is 0 Å². The summed E-state index contributed by atoms with van der Waals surface area (Å²) in [7, 11) is 0. The minimum atomic E-state index is -1.87. The van der Waals surface area contributed by atoms with Gasteiger partial charge in [-0.25, -0.2) is 4.98 Å². The Labute approximate surface area is 642 Å². The first-order valence-corrected chi connectivity index (χ1v) is 36.2. The summed E-state index contributed by atoms with van der Waals surface area (Å²) in [5.41, 5.74) is 8.80. The number of carboxylic acid groups (broad SMARTS) is 1. The number of phenolic OH excluding ortho intramolecular Hbond substituents is 1. The number of carbonyl (C=O) groups is 14. The van der Waals surface area contributed by atoms with E-state index in [9.17, 15) is 72.9 Å². The molecule has 3 heterocycles. The lowest BCUT2D eigenvalue weighted by atomic mass is 9.99. The molecule has 36 heteroatoms. The van der Waals surface area contributed by atoms with E-state index in [-0.39, 0.29) is 37.9 Å². The van der Waals surface area contributed by atoms with Gasteiger partial charge >= 0.3 is 5.97 Å². The highest BCUT2D eigenvalue weighted by Crippen LogP contribution is 2.23. The first-order chi connectivity index (χ1) is 52.1. The number of thiol groups is 2. The van der Waals surface area contributed by atoms with Gasteiger partial charge in [0.2, 0.25) is 76.8 Å². The summed E-state index contributed by atoms with van der Waals surface area (Å²) in [5, 5.41) is 63.1. The van der Waals surface area contributed by atoms with Gasteiger partial charge in [0.15, 0.2) is 0 Å². The topological polar surface area (TPSA) is 530 Å². The number of rotatable bonds is 40. The number of aromatic nitrogens is 4. The lowest BCUT2D eigenvalue weighted by molar-refractivity contribution is -0.141. The number of nitrogens with zero attached hydrogens (tertiary/aromatic N) is 1. The van der Waals surface area contributed by atoms with Crippen LogP contribution in [0.3, 0.4) is 0 Å². The van der Waals surface area contributed by atoms with Crippen molar-refractivity contribution in [1.29, 1.82) is 0 Å². The highest BCUT2D eigenvalue weighted by Gasteiger charge is 2.40. The van der Waals surface area contributed by atoms with Gasteiger partial charge in [0, 0.05) is 95.6 Å². The number of H-pyrrole nitrogens is 3. The van der Waals surface area contributed by atoms with Gasteiger partial charge in [-0.05, 0) is 80.1 Å². The Balaban J connectivity index is 1.13. The zero-order valence-electron chi connectivity index (χ0n) is 61.3. The number of imidazole rings is 1. The number of hydrogen-bond acceptors (Lipinski definition) is 19. The van der Waals surface area contributed by atoms with Gasteiger partial charge in [0.1, 0.15) is 72.2 Å². The Morgan fingerprint density at radius 3 is 1.41 bits per heavy atom. The molecule has 0 spiro atoms. The number of nitrogens with one attached hydrogen (secondary N) is 15. The number of carboxylic acids is 1. The van der Waals surface area contributed by atoms with Crippen LogP contribution >= 0.6 is 25.3 Å². The summed E-state index contributed by atoms with van der Waals surface area (Å²) < 4.78 is -1.13. The van der Waals surface area contributed by atoms with Gasteiger partial charge in [-0.15, -0.1) is 0 Å². The number of phenols is 1. The molecule has 0 unspecified atom stereocenters. The second-order valence-corrected chi connectivity index (χ2v) is 28.9. The van der Waals surface area contributed by atoms with Crippen molar-refractivity contribution in [2.45, 2.75) is 164 Å². The monoisotopic (exact) mass is 1560 g/mol. The van der Waals surface area contributed by atoms with Crippen LogP contribution in [-0.2, 0) is 99.2 Å². The number of fused-ring (bicyclic) bond motifs is 2. The molecule has 13 amide bonds. The molecule has 12 atom stereocenters. The highest BCUT2D eigenvalue weighted by molar-refractivity contribution is 7.81. The zero-order valence-corrected chi connectivity index (χ0v) is 63.1. The molecule has 0 aliphatic heterocycles. The molecule has 34 nitrogen and oxygen atoms in total. The maximum atomic E-state index is 15.2. The Hall–Kier alpha value is -11.8. The van der Waals surface area contributed by atoms with Gasteiger partial charge in [-0.1, -0.05) is 92.7 Å². The van der Waals surface area contributed by atoms with E-state index in [0.717, 1.165) is 0 Å². The number of primary amides is 1. The Morgan fingerprint density at radius 2 is 0.927 bits per heavy atom. The molecule has 7 rings (SSSR count). The van der Waals surface area contributed by atoms with E-state index in [4.69, 9.17) is 5.73 Å². The summed E-state index contributed by atoms with van der Waals surface area (Å²) in [6.45, 7) is 9.25. The van der Waals surface area contributed by atoms with E-state index in [2.05, 4.69) is 109 Å². The number of benzene rings is 4. The SMILES string of the molecule is CC(=O)N[C@H](C(=O)N[C@@H](C)C(=O)N[C@@H](CC(=O)O)C(=O)N[C@@H](Cc1c[nH]c2ccccc12)C(=O)N[C@H](C(=O)N[C@@H](CS)C(=O)N[C@@H](Cc1ccc(O)cc1)C(=O)N[C@@H](Cc1c[nH]c2ccccc12)C(=O)N[C@@H](Cc1cnc[nH]1)C(=O)N[C@H](C(=O)N[C@@H](Cc1ccccc1)C(=O)NCC(N)=O)[C@@H](C)O)C(C)C)C(C)(C)S. The molecule has 0 aliphatic rings. The fraction of sp³-hybridized carbons (Fsp3) is 0.392. The summed E-state index contributed by atoms with van der Waals surface area (Å²) in [6, 6.07) is 10.8. The number of aromatic hydroxyl groups is 1. The lowest BCUT2D eigenvalue weighted by Gasteiger charge is -2.30. The summed E-state index contributed by atoms with van der Waals surface area (Å²) in [5.74, 6) is -15.2. The van der Waals surface area contributed by atoms with Crippen LogP contribution in [0.2, 0.25) is 0 Å². The molecule has 0 bridgehead atoms. The minimum Gasteiger partial charge on any atom is -0.508 e. The van der Waals surface area contributed by atoms with Crippen LogP contribution in [0.15, 0.2) is 128 Å². The predicted octanol–water partition coefficient (Wildman–Crippen LogP) is -1.29. The Bertz CT molecular complexity index is 4430. The minimum absolute atomic E-state index is 0.101. The number of aliphatic carboxylic acids is 1. The van der Waals surface area contributed by atoms with Crippen molar-refractivity contribution < 1.29 is 82.4 Å². The molecule has 7 aromatic rings. The lowest BCUT2D eigenvalue weighted by Crippen LogP contribution is -2.62. The summed E-state index contributed by atoms with van der Waals surface area (Å²) in [6.07, 6.45) is 1.88. The van der Waals surface area contributed by atoms with Crippen molar-refractivity contribution in [1.82, 2.24) is 83.7 Å². The molecular weight excluding hydrogens is 1460 g/mol.